The smallest absolute Gasteiger partial charge is 0.329 e. The monoisotopic (exact) mass is 467 g/mol. The Morgan fingerprint density at radius 2 is 1.09 bits per heavy atom. The SMILES string of the molecule is CC(C)(C)OC(=O)C1CCCN1C(=O)CCNCCC(=O)N1CCCC1C(=O)OC(C)(C)C. The Morgan fingerprint density at radius 1 is 0.727 bits per heavy atom. The number of carbonyl (C=O) groups is 4. The second kappa shape index (κ2) is 11.3. The van der Waals surface area contributed by atoms with Gasteiger partial charge in [-0.1, -0.05) is 0 Å². The van der Waals surface area contributed by atoms with Gasteiger partial charge in [-0.15, -0.1) is 0 Å². The lowest BCUT2D eigenvalue weighted by Gasteiger charge is -2.28. The molecule has 2 fully saturated rings. The number of esters is 2. The number of likely N-dealkylation sites (tertiary alicyclic amines) is 2. The van der Waals surface area contributed by atoms with Crippen molar-refractivity contribution in [3.8, 4) is 0 Å². The van der Waals surface area contributed by atoms with E-state index in [1.54, 1.807) is 9.80 Å². The van der Waals surface area contributed by atoms with Crippen molar-refractivity contribution in [1.82, 2.24) is 15.1 Å². The largest absolute Gasteiger partial charge is 0.458 e. The van der Waals surface area contributed by atoms with E-state index in [-0.39, 0.29) is 36.6 Å². The molecule has 0 aromatic carbocycles. The standard InChI is InChI=1S/C24H41N3O6/c1-23(2,3)32-21(30)17-9-7-15-26(17)19(28)11-13-25-14-12-20(29)27-16-8-10-18(27)22(31)33-24(4,5)6/h17-18,25H,7-16H2,1-6H3. The predicted molar refractivity (Wildman–Crippen MR) is 123 cm³/mol. The van der Waals surface area contributed by atoms with E-state index in [4.69, 9.17) is 9.47 Å². The van der Waals surface area contributed by atoms with Crippen molar-refractivity contribution in [3.63, 3.8) is 0 Å². The second-order valence-corrected chi connectivity index (χ2v) is 10.8. The quantitative estimate of drug-likeness (QED) is 0.430. The fraction of sp³-hybridized carbons (Fsp3) is 0.833. The van der Waals surface area contributed by atoms with E-state index in [1.807, 2.05) is 41.5 Å². The van der Waals surface area contributed by atoms with Crippen LogP contribution in [0.5, 0.6) is 0 Å². The summed E-state index contributed by atoms with van der Waals surface area (Å²) in [6.07, 6.45) is 3.31. The Kier molecular flexibility index (Phi) is 9.29. The molecule has 0 aromatic heterocycles. The van der Waals surface area contributed by atoms with Crippen molar-refractivity contribution in [2.75, 3.05) is 26.2 Å². The minimum Gasteiger partial charge on any atom is -0.458 e. The van der Waals surface area contributed by atoms with Crippen LogP contribution >= 0.6 is 0 Å². The number of carbonyl (C=O) groups excluding carboxylic acids is 4. The van der Waals surface area contributed by atoms with E-state index in [9.17, 15) is 19.2 Å². The highest BCUT2D eigenvalue weighted by molar-refractivity contribution is 5.86. The Bertz CT molecular complexity index is 665. The van der Waals surface area contributed by atoms with Gasteiger partial charge in [0, 0.05) is 39.0 Å². The average molecular weight is 468 g/mol. The van der Waals surface area contributed by atoms with Crippen LogP contribution in [-0.2, 0) is 28.7 Å². The number of rotatable bonds is 8. The van der Waals surface area contributed by atoms with E-state index < -0.39 is 23.3 Å². The Labute approximate surface area is 197 Å². The van der Waals surface area contributed by atoms with E-state index in [0.29, 0.717) is 39.0 Å². The zero-order valence-corrected chi connectivity index (χ0v) is 21.1. The molecule has 0 bridgehead atoms. The summed E-state index contributed by atoms with van der Waals surface area (Å²) >= 11 is 0. The molecule has 2 aliphatic rings. The van der Waals surface area contributed by atoms with Crippen LogP contribution in [0.25, 0.3) is 0 Å². The molecular formula is C24H41N3O6. The Hall–Kier alpha value is -2.16. The van der Waals surface area contributed by atoms with Crippen LogP contribution in [0.1, 0.15) is 80.1 Å². The maximum Gasteiger partial charge on any atom is 0.329 e. The van der Waals surface area contributed by atoms with Gasteiger partial charge in [0.25, 0.3) is 0 Å². The molecule has 2 heterocycles. The topological polar surface area (TPSA) is 105 Å². The van der Waals surface area contributed by atoms with Crippen LogP contribution in [-0.4, -0.2) is 83.0 Å². The second-order valence-electron chi connectivity index (χ2n) is 10.8. The molecule has 9 nitrogen and oxygen atoms in total. The highest BCUT2D eigenvalue weighted by atomic mass is 16.6. The van der Waals surface area contributed by atoms with Gasteiger partial charge in [0.2, 0.25) is 11.8 Å². The molecule has 0 saturated carbocycles. The van der Waals surface area contributed by atoms with Crippen molar-refractivity contribution in [1.29, 1.82) is 0 Å². The summed E-state index contributed by atoms with van der Waals surface area (Å²) in [6.45, 7) is 12.8. The third kappa shape index (κ3) is 8.61. The number of nitrogens with zero attached hydrogens (tertiary/aromatic N) is 2. The van der Waals surface area contributed by atoms with Gasteiger partial charge in [-0.2, -0.15) is 0 Å². The van der Waals surface area contributed by atoms with Gasteiger partial charge in [0.05, 0.1) is 0 Å². The Balaban J connectivity index is 1.72. The normalized spacial score (nSPS) is 21.3. The zero-order valence-electron chi connectivity index (χ0n) is 21.1. The molecule has 1 N–H and O–H groups in total. The molecule has 0 radical (unpaired) electrons. The molecule has 0 spiro atoms. The first-order valence-electron chi connectivity index (χ1n) is 12.0. The molecule has 0 aromatic rings. The van der Waals surface area contributed by atoms with Gasteiger partial charge in [-0.3, -0.25) is 9.59 Å². The van der Waals surface area contributed by atoms with Gasteiger partial charge in [0.1, 0.15) is 23.3 Å². The van der Waals surface area contributed by atoms with Gasteiger partial charge in [-0.05, 0) is 67.2 Å². The molecule has 2 unspecified atom stereocenters. The minimum atomic E-state index is -0.583. The number of hydrogen-bond donors (Lipinski definition) is 1. The minimum absolute atomic E-state index is 0.0910. The van der Waals surface area contributed by atoms with Gasteiger partial charge in [-0.25, -0.2) is 9.59 Å². The van der Waals surface area contributed by atoms with E-state index >= 15 is 0 Å². The third-order valence-electron chi connectivity index (χ3n) is 5.54. The summed E-state index contributed by atoms with van der Waals surface area (Å²) in [6, 6.07) is -1.03. The van der Waals surface area contributed by atoms with Crippen molar-refractivity contribution in [2.24, 2.45) is 0 Å². The predicted octanol–water partition coefficient (Wildman–Crippen LogP) is 2.02. The maximum absolute atomic E-state index is 12.6. The Morgan fingerprint density at radius 3 is 1.42 bits per heavy atom. The molecule has 2 saturated heterocycles. The van der Waals surface area contributed by atoms with Crippen molar-refractivity contribution in [2.45, 2.75) is 103 Å². The molecule has 9 heteroatoms. The summed E-state index contributed by atoms with van der Waals surface area (Å²) in [5, 5.41) is 3.13. The van der Waals surface area contributed by atoms with Crippen LogP contribution in [0, 0.1) is 0 Å². The number of nitrogens with one attached hydrogen (secondary N) is 1. The molecule has 0 aliphatic carbocycles. The van der Waals surface area contributed by atoms with Gasteiger partial charge >= 0.3 is 11.9 Å². The van der Waals surface area contributed by atoms with Gasteiger partial charge < -0.3 is 24.6 Å². The van der Waals surface area contributed by atoms with Crippen molar-refractivity contribution < 1.29 is 28.7 Å². The molecule has 2 amide bonds. The first-order chi connectivity index (χ1) is 15.3. The fourth-order valence-corrected chi connectivity index (χ4v) is 4.16. The van der Waals surface area contributed by atoms with Crippen molar-refractivity contribution >= 4 is 23.8 Å². The highest BCUT2D eigenvalue weighted by Crippen LogP contribution is 2.23. The summed E-state index contributed by atoms with van der Waals surface area (Å²) in [5.74, 6) is -0.882. The van der Waals surface area contributed by atoms with Crippen LogP contribution in [0.4, 0.5) is 0 Å². The number of ether oxygens (including phenoxy) is 2. The summed E-state index contributed by atoms with van der Waals surface area (Å²) < 4.78 is 10.9. The number of hydrogen-bond acceptors (Lipinski definition) is 7. The van der Waals surface area contributed by atoms with Crippen LogP contribution < -0.4 is 5.32 Å². The number of amides is 2. The average Bonchev–Trinajstić information content (AvgIpc) is 3.34. The first kappa shape index (κ1) is 27.1. The highest BCUT2D eigenvalue weighted by Gasteiger charge is 2.37. The van der Waals surface area contributed by atoms with Crippen molar-refractivity contribution in [3.05, 3.63) is 0 Å². The van der Waals surface area contributed by atoms with E-state index in [0.717, 1.165) is 12.8 Å². The zero-order chi connectivity index (χ0) is 24.8. The lowest BCUT2D eigenvalue weighted by atomic mass is 10.1. The molecule has 2 aliphatic heterocycles. The molecule has 33 heavy (non-hydrogen) atoms. The van der Waals surface area contributed by atoms with Gasteiger partial charge in [0.15, 0.2) is 0 Å². The third-order valence-corrected chi connectivity index (χ3v) is 5.54. The molecule has 2 atom stereocenters. The lowest BCUT2D eigenvalue weighted by Crippen LogP contribution is -2.45. The van der Waals surface area contributed by atoms with Crippen LogP contribution in [0.2, 0.25) is 0 Å². The van der Waals surface area contributed by atoms with E-state index in [1.165, 1.54) is 0 Å². The van der Waals surface area contributed by atoms with E-state index in [2.05, 4.69) is 5.32 Å². The van der Waals surface area contributed by atoms with Crippen LogP contribution in [0.15, 0.2) is 0 Å². The molecule has 188 valence electrons. The lowest BCUT2D eigenvalue weighted by molar-refractivity contribution is -0.163. The molecule has 2 rings (SSSR count). The summed E-state index contributed by atoms with van der Waals surface area (Å²) in [5.41, 5.74) is -1.17. The summed E-state index contributed by atoms with van der Waals surface area (Å²) in [4.78, 5) is 53.2. The first-order valence-corrected chi connectivity index (χ1v) is 12.0. The maximum atomic E-state index is 12.6. The molecular weight excluding hydrogens is 426 g/mol. The van der Waals surface area contributed by atoms with Crippen LogP contribution in [0.3, 0.4) is 0 Å². The summed E-state index contributed by atoms with van der Waals surface area (Å²) in [7, 11) is 0. The fourth-order valence-electron chi connectivity index (χ4n) is 4.16.